The predicted molar refractivity (Wildman–Crippen MR) is 69.3 cm³/mol. The van der Waals surface area contributed by atoms with Gasteiger partial charge in [0.15, 0.2) is 0 Å². The van der Waals surface area contributed by atoms with Crippen LogP contribution >= 0.6 is 0 Å². The number of nitrogen functional groups attached to an aromatic ring is 1. The van der Waals surface area contributed by atoms with Crippen molar-refractivity contribution in [2.45, 2.75) is 12.8 Å². The molecule has 0 aromatic heterocycles. The smallest absolute Gasteiger partial charge is 0.340 e. The Morgan fingerprint density at radius 3 is 2.83 bits per heavy atom. The van der Waals surface area contributed by atoms with Crippen LogP contribution in [0.1, 0.15) is 23.2 Å². The minimum Gasteiger partial charge on any atom is -0.465 e. The molecule has 2 N–H and O–H groups in total. The van der Waals surface area contributed by atoms with Gasteiger partial charge in [0.1, 0.15) is 11.5 Å². The quantitative estimate of drug-likeness (QED) is 0.657. The van der Waals surface area contributed by atoms with Crippen LogP contribution < -0.4 is 10.5 Å². The fourth-order valence-electron chi connectivity index (χ4n) is 1.69. The molecule has 0 spiro atoms. The number of anilines is 1. The Labute approximate surface area is 106 Å². The zero-order valence-corrected chi connectivity index (χ0v) is 10.2. The number of methoxy groups -OCH3 is 1. The molecular weight excluding hydrogens is 230 g/mol. The first-order chi connectivity index (χ1) is 8.70. The Balaban J connectivity index is 2.21. The maximum Gasteiger partial charge on any atom is 0.340 e. The fraction of sp³-hybridized carbons (Fsp3) is 0.214. The molecule has 1 aliphatic rings. The summed E-state index contributed by atoms with van der Waals surface area (Å²) in [5.41, 5.74) is 6.41. The third-order valence-corrected chi connectivity index (χ3v) is 2.63. The van der Waals surface area contributed by atoms with Crippen LogP contribution in [-0.2, 0) is 4.74 Å². The molecule has 18 heavy (non-hydrogen) atoms. The van der Waals surface area contributed by atoms with Crippen LogP contribution in [0, 0.1) is 0 Å². The van der Waals surface area contributed by atoms with Gasteiger partial charge in [0.05, 0.1) is 12.7 Å². The number of carbonyl (C=O) groups is 1. The highest BCUT2D eigenvalue weighted by atomic mass is 16.5. The van der Waals surface area contributed by atoms with E-state index in [-0.39, 0.29) is 0 Å². The molecule has 0 heterocycles. The number of esters is 1. The van der Waals surface area contributed by atoms with Crippen molar-refractivity contribution in [3.8, 4) is 5.75 Å². The molecule has 94 valence electrons. The number of allylic oxidation sites excluding steroid dienone is 3. The van der Waals surface area contributed by atoms with E-state index in [4.69, 9.17) is 10.5 Å². The van der Waals surface area contributed by atoms with Crippen LogP contribution in [0.5, 0.6) is 5.75 Å². The van der Waals surface area contributed by atoms with Crippen molar-refractivity contribution in [2.75, 3.05) is 12.8 Å². The fourth-order valence-corrected chi connectivity index (χ4v) is 1.69. The zero-order valence-electron chi connectivity index (χ0n) is 10.2. The number of hydrogen-bond donors (Lipinski definition) is 1. The van der Waals surface area contributed by atoms with Crippen molar-refractivity contribution in [2.24, 2.45) is 0 Å². The number of rotatable bonds is 3. The van der Waals surface area contributed by atoms with Crippen LogP contribution in [0.2, 0.25) is 0 Å². The van der Waals surface area contributed by atoms with Crippen LogP contribution in [-0.4, -0.2) is 13.1 Å². The first kappa shape index (κ1) is 12.2. The van der Waals surface area contributed by atoms with Crippen molar-refractivity contribution < 1.29 is 14.3 Å². The van der Waals surface area contributed by atoms with Gasteiger partial charge in [-0.15, -0.1) is 0 Å². The van der Waals surface area contributed by atoms with Crippen molar-refractivity contribution in [3.63, 3.8) is 0 Å². The lowest BCUT2D eigenvalue weighted by Crippen LogP contribution is -2.06. The van der Waals surface area contributed by atoms with Gasteiger partial charge >= 0.3 is 5.97 Å². The minimum atomic E-state index is -0.467. The minimum absolute atomic E-state index is 0.315. The molecule has 0 atom stereocenters. The van der Waals surface area contributed by atoms with Gasteiger partial charge in [-0.05, 0) is 43.2 Å². The third-order valence-electron chi connectivity index (χ3n) is 2.63. The molecule has 1 aliphatic carbocycles. The number of benzene rings is 1. The zero-order chi connectivity index (χ0) is 13.0. The molecule has 0 amide bonds. The summed E-state index contributed by atoms with van der Waals surface area (Å²) in [5, 5.41) is 0. The van der Waals surface area contributed by atoms with Crippen LogP contribution in [0.3, 0.4) is 0 Å². The van der Waals surface area contributed by atoms with Crippen molar-refractivity contribution in [1.29, 1.82) is 0 Å². The van der Waals surface area contributed by atoms with E-state index >= 15 is 0 Å². The summed E-state index contributed by atoms with van der Waals surface area (Å²) in [6.45, 7) is 0. The first-order valence-corrected chi connectivity index (χ1v) is 5.73. The lowest BCUT2D eigenvalue weighted by Gasteiger charge is -2.11. The number of carbonyl (C=O) groups excluding carboxylic acids is 1. The highest BCUT2D eigenvalue weighted by molar-refractivity contribution is 5.95. The summed E-state index contributed by atoms with van der Waals surface area (Å²) in [5.74, 6) is 0.885. The van der Waals surface area contributed by atoms with E-state index in [9.17, 15) is 4.79 Å². The molecule has 0 saturated heterocycles. The summed E-state index contributed by atoms with van der Waals surface area (Å²) in [7, 11) is 1.32. The Morgan fingerprint density at radius 2 is 2.17 bits per heavy atom. The van der Waals surface area contributed by atoms with Gasteiger partial charge in [-0.2, -0.15) is 0 Å². The Bertz CT molecular complexity index is 518. The molecule has 0 bridgehead atoms. The number of nitrogens with two attached hydrogens (primary N) is 1. The van der Waals surface area contributed by atoms with E-state index in [2.05, 4.69) is 4.74 Å². The SMILES string of the molecule is COC(=O)c1cc(OC2=CCCC=C2)ccc1N. The van der Waals surface area contributed by atoms with Crippen LogP contribution in [0.15, 0.2) is 42.2 Å². The van der Waals surface area contributed by atoms with Crippen LogP contribution in [0.4, 0.5) is 5.69 Å². The van der Waals surface area contributed by atoms with Crippen LogP contribution in [0.25, 0.3) is 0 Å². The lowest BCUT2D eigenvalue weighted by molar-refractivity contribution is 0.0601. The Morgan fingerprint density at radius 1 is 1.33 bits per heavy atom. The molecule has 1 aromatic carbocycles. The van der Waals surface area contributed by atoms with E-state index in [1.54, 1.807) is 18.2 Å². The molecule has 0 radical (unpaired) electrons. The monoisotopic (exact) mass is 245 g/mol. The van der Waals surface area contributed by atoms with E-state index in [0.29, 0.717) is 17.0 Å². The summed E-state index contributed by atoms with van der Waals surface area (Å²) in [4.78, 5) is 11.5. The third kappa shape index (κ3) is 2.71. The van der Waals surface area contributed by atoms with Crippen molar-refractivity contribution in [1.82, 2.24) is 0 Å². The number of ether oxygens (including phenoxy) is 2. The Kier molecular flexibility index (Phi) is 3.67. The summed E-state index contributed by atoms with van der Waals surface area (Å²) in [6.07, 6.45) is 7.96. The van der Waals surface area contributed by atoms with Gasteiger partial charge in [-0.25, -0.2) is 4.79 Å². The van der Waals surface area contributed by atoms with Gasteiger partial charge in [0.25, 0.3) is 0 Å². The lowest BCUT2D eigenvalue weighted by atomic mass is 10.1. The first-order valence-electron chi connectivity index (χ1n) is 5.73. The van der Waals surface area contributed by atoms with Gasteiger partial charge < -0.3 is 15.2 Å². The van der Waals surface area contributed by atoms with Crippen molar-refractivity contribution in [3.05, 3.63) is 47.7 Å². The average molecular weight is 245 g/mol. The normalized spacial score (nSPS) is 13.9. The Hall–Kier alpha value is -2.23. The molecule has 1 aromatic rings. The molecule has 0 saturated carbocycles. The second-order valence-electron chi connectivity index (χ2n) is 3.93. The van der Waals surface area contributed by atoms with E-state index < -0.39 is 5.97 Å². The molecular formula is C14H15NO3. The topological polar surface area (TPSA) is 61.5 Å². The van der Waals surface area contributed by atoms with Gasteiger partial charge in [-0.1, -0.05) is 6.08 Å². The second kappa shape index (κ2) is 5.40. The van der Waals surface area contributed by atoms with Gasteiger partial charge in [0.2, 0.25) is 0 Å². The predicted octanol–water partition coefficient (Wildman–Crippen LogP) is 2.67. The summed E-state index contributed by atoms with van der Waals surface area (Å²) >= 11 is 0. The molecule has 2 rings (SSSR count). The molecule has 0 unspecified atom stereocenters. The number of hydrogen-bond acceptors (Lipinski definition) is 4. The average Bonchev–Trinajstić information content (AvgIpc) is 2.41. The summed E-state index contributed by atoms with van der Waals surface area (Å²) < 4.78 is 10.3. The van der Waals surface area contributed by atoms with Crippen molar-refractivity contribution >= 4 is 11.7 Å². The summed E-state index contributed by atoms with van der Waals surface area (Å²) in [6, 6.07) is 4.95. The van der Waals surface area contributed by atoms with Gasteiger partial charge in [0, 0.05) is 5.69 Å². The molecule has 4 heteroatoms. The van der Waals surface area contributed by atoms with E-state index in [1.165, 1.54) is 7.11 Å². The highest BCUT2D eigenvalue weighted by Crippen LogP contribution is 2.23. The van der Waals surface area contributed by atoms with E-state index in [0.717, 1.165) is 18.6 Å². The molecule has 0 aliphatic heterocycles. The molecule has 0 fully saturated rings. The maximum atomic E-state index is 11.5. The molecule has 4 nitrogen and oxygen atoms in total. The standard InChI is InChI=1S/C14H15NO3/c1-17-14(16)12-9-11(7-8-13(12)15)18-10-5-3-2-4-6-10/h3,5-9H,2,4,15H2,1H3. The highest BCUT2D eigenvalue weighted by Gasteiger charge is 2.12. The van der Waals surface area contributed by atoms with Gasteiger partial charge in [-0.3, -0.25) is 0 Å². The second-order valence-corrected chi connectivity index (χ2v) is 3.93. The maximum absolute atomic E-state index is 11.5. The largest absolute Gasteiger partial charge is 0.465 e. The van der Waals surface area contributed by atoms with E-state index in [1.807, 2.05) is 18.2 Å².